The average Bonchev–Trinajstić information content (AvgIpc) is 3.04. The predicted octanol–water partition coefficient (Wildman–Crippen LogP) is 5.99. The van der Waals surface area contributed by atoms with E-state index >= 15 is 0 Å². The van der Waals surface area contributed by atoms with Crippen LogP contribution < -0.4 is 0 Å². The number of aromatic nitrogens is 2. The lowest BCUT2D eigenvalue weighted by molar-refractivity contribution is 0.668. The summed E-state index contributed by atoms with van der Waals surface area (Å²) in [4.78, 5) is 11.0. The summed E-state index contributed by atoms with van der Waals surface area (Å²) in [6.07, 6.45) is 13.8. The topological polar surface area (TPSA) is 25.8 Å². The van der Waals surface area contributed by atoms with Crippen molar-refractivity contribution in [2.75, 3.05) is 0 Å². The van der Waals surface area contributed by atoms with E-state index < -0.39 is 0 Å². The van der Waals surface area contributed by atoms with Crippen molar-refractivity contribution in [1.29, 1.82) is 0 Å². The van der Waals surface area contributed by atoms with E-state index in [1.165, 1.54) is 52.1 Å². The Bertz CT molecular complexity index is 720. The van der Waals surface area contributed by atoms with Crippen LogP contribution in [-0.2, 0) is 6.42 Å². The van der Waals surface area contributed by atoms with Gasteiger partial charge in [-0.05, 0) is 59.9 Å². The van der Waals surface area contributed by atoms with Gasteiger partial charge in [-0.25, -0.2) is 0 Å². The highest BCUT2D eigenvalue weighted by molar-refractivity contribution is 7.19. The van der Waals surface area contributed by atoms with Crippen LogP contribution >= 0.6 is 11.3 Å². The zero-order chi connectivity index (χ0) is 15.9. The molecule has 0 saturated carbocycles. The van der Waals surface area contributed by atoms with Gasteiger partial charge in [0.15, 0.2) is 0 Å². The molecular formula is C20H22N2S. The first kappa shape index (κ1) is 15.9. The minimum atomic E-state index is 1.15. The third-order valence-electron chi connectivity index (χ3n) is 4.02. The monoisotopic (exact) mass is 322 g/mol. The van der Waals surface area contributed by atoms with Crippen LogP contribution in [0, 0.1) is 0 Å². The molecule has 0 unspecified atom stereocenters. The number of thiophene rings is 1. The average molecular weight is 322 g/mol. The third kappa shape index (κ3) is 4.05. The van der Waals surface area contributed by atoms with Crippen LogP contribution in [0.3, 0.4) is 0 Å². The number of rotatable bonds is 7. The Balaban J connectivity index is 1.90. The van der Waals surface area contributed by atoms with Gasteiger partial charge in [0.1, 0.15) is 0 Å². The SMILES string of the molecule is CCCCCCc1cc(-c2ccncc2)sc1-c1ccncc1. The van der Waals surface area contributed by atoms with E-state index in [4.69, 9.17) is 0 Å². The van der Waals surface area contributed by atoms with E-state index in [2.05, 4.69) is 47.2 Å². The third-order valence-corrected chi connectivity index (χ3v) is 5.29. The molecule has 3 aromatic rings. The Morgan fingerprint density at radius 1 is 0.826 bits per heavy atom. The first-order chi connectivity index (χ1) is 11.4. The normalized spacial score (nSPS) is 10.8. The highest BCUT2D eigenvalue weighted by Crippen LogP contribution is 2.38. The molecule has 3 heterocycles. The van der Waals surface area contributed by atoms with Crippen LogP contribution in [-0.4, -0.2) is 9.97 Å². The van der Waals surface area contributed by atoms with Crippen molar-refractivity contribution in [3.63, 3.8) is 0 Å². The van der Waals surface area contributed by atoms with Gasteiger partial charge in [-0.2, -0.15) is 0 Å². The lowest BCUT2D eigenvalue weighted by atomic mass is 10.0. The van der Waals surface area contributed by atoms with Crippen LogP contribution in [0.5, 0.6) is 0 Å². The Hall–Kier alpha value is -2.00. The summed E-state index contributed by atoms with van der Waals surface area (Å²) in [5.41, 5.74) is 3.99. The van der Waals surface area contributed by atoms with Crippen molar-refractivity contribution in [3.05, 3.63) is 60.7 Å². The molecule has 0 aromatic carbocycles. The van der Waals surface area contributed by atoms with Crippen molar-refractivity contribution in [1.82, 2.24) is 9.97 Å². The second kappa shape index (κ2) is 8.02. The van der Waals surface area contributed by atoms with Gasteiger partial charge in [0.25, 0.3) is 0 Å². The number of hydrogen-bond acceptors (Lipinski definition) is 3. The summed E-state index contributed by atoms with van der Waals surface area (Å²) in [5.74, 6) is 0. The van der Waals surface area contributed by atoms with Gasteiger partial charge in [0.2, 0.25) is 0 Å². The van der Waals surface area contributed by atoms with E-state index in [9.17, 15) is 0 Å². The van der Waals surface area contributed by atoms with Crippen LogP contribution in [0.1, 0.15) is 38.2 Å². The molecule has 0 aliphatic rings. The molecule has 0 N–H and O–H groups in total. The smallest absolute Gasteiger partial charge is 0.0382 e. The fraction of sp³-hybridized carbons (Fsp3) is 0.300. The van der Waals surface area contributed by atoms with E-state index in [0.717, 1.165) is 6.42 Å². The summed E-state index contributed by atoms with van der Waals surface area (Å²) in [5, 5.41) is 0. The number of hydrogen-bond donors (Lipinski definition) is 0. The maximum Gasteiger partial charge on any atom is 0.0382 e. The minimum absolute atomic E-state index is 1.15. The Morgan fingerprint density at radius 2 is 1.48 bits per heavy atom. The van der Waals surface area contributed by atoms with E-state index in [0.29, 0.717) is 0 Å². The van der Waals surface area contributed by atoms with E-state index in [1.54, 1.807) is 0 Å². The van der Waals surface area contributed by atoms with Crippen molar-refractivity contribution in [2.45, 2.75) is 39.0 Å². The van der Waals surface area contributed by atoms with Gasteiger partial charge < -0.3 is 0 Å². The fourth-order valence-electron chi connectivity index (χ4n) is 2.76. The Kier molecular flexibility index (Phi) is 5.54. The standard InChI is InChI=1S/C20H22N2S/c1-2-3-4-5-6-18-15-19(16-7-11-21-12-8-16)23-20(18)17-9-13-22-14-10-17/h7-15H,2-6H2,1H3. The van der Waals surface area contributed by atoms with Gasteiger partial charge in [0.05, 0.1) is 0 Å². The van der Waals surface area contributed by atoms with Gasteiger partial charge in [-0.1, -0.05) is 26.2 Å². The first-order valence-electron chi connectivity index (χ1n) is 8.32. The largest absolute Gasteiger partial charge is 0.265 e. The number of aryl methyl sites for hydroxylation is 1. The van der Waals surface area contributed by atoms with E-state index in [-0.39, 0.29) is 0 Å². The summed E-state index contributed by atoms with van der Waals surface area (Å²) in [7, 11) is 0. The molecule has 0 aliphatic heterocycles. The molecule has 0 amide bonds. The number of unbranched alkanes of at least 4 members (excludes halogenated alkanes) is 3. The van der Waals surface area contributed by atoms with Crippen LogP contribution in [0.4, 0.5) is 0 Å². The van der Waals surface area contributed by atoms with Crippen LogP contribution in [0.2, 0.25) is 0 Å². The molecule has 0 radical (unpaired) electrons. The van der Waals surface area contributed by atoms with E-state index in [1.807, 2.05) is 36.1 Å². The highest BCUT2D eigenvalue weighted by Gasteiger charge is 2.12. The van der Waals surface area contributed by atoms with Gasteiger partial charge >= 0.3 is 0 Å². The van der Waals surface area contributed by atoms with Crippen molar-refractivity contribution >= 4 is 11.3 Å². The molecule has 0 bridgehead atoms. The summed E-state index contributed by atoms with van der Waals surface area (Å²) in [6.45, 7) is 2.26. The lowest BCUT2D eigenvalue weighted by Gasteiger charge is -2.03. The number of pyridine rings is 2. The zero-order valence-corrected chi connectivity index (χ0v) is 14.4. The predicted molar refractivity (Wildman–Crippen MR) is 98.6 cm³/mol. The minimum Gasteiger partial charge on any atom is -0.265 e. The van der Waals surface area contributed by atoms with Gasteiger partial charge in [-0.3, -0.25) is 9.97 Å². The molecule has 0 fully saturated rings. The quantitative estimate of drug-likeness (QED) is 0.499. The molecule has 0 spiro atoms. The Morgan fingerprint density at radius 3 is 2.13 bits per heavy atom. The van der Waals surface area contributed by atoms with Gasteiger partial charge in [0, 0.05) is 34.5 Å². The summed E-state index contributed by atoms with van der Waals surface area (Å²) in [6, 6.07) is 10.8. The molecular weight excluding hydrogens is 300 g/mol. The molecule has 0 aliphatic carbocycles. The summed E-state index contributed by atoms with van der Waals surface area (Å²) >= 11 is 1.87. The molecule has 0 saturated heterocycles. The lowest BCUT2D eigenvalue weighted by Crippen LogP contribution is -1.86. The molecule has 23 heavy (non-hydrogen) atoms. The highest BCUT2D eigenvalue weighted by atomic mass is 32.1. The van der Waals surface area contributed by atoms with Crippen molar-refractivity contribution in [2.24, 2.45) is 0 Å². The maximum absolute atomic E-state index is 4.15. The molecule has 0 atom stereocenters. The fourth-order valence-corrected chi connectivity index (χ4v) is 3.98. The molecule has 2 nitrogen and oxygen atoms in total. The molecule has 3 heteroatoms. The van der Waals surface area contributed by atoms with Crippen molar-refractivity contribution in [3.8, 4) is 20.9 Å². The van der Waals surface area contributed by atoms with Gasteiger partial charge in [-0.15, -0.1) is 11.3 Å². The second-order valence-electron chi connectivity index (χ2n) is 5.75. The van der Waals surface area contributed by atoms with Crippen molar-refractivity contribution < 1.29 is 0 Å². The summed E-state index contributed by atoms with van der Waals surface area (Å²) < 4.78 is 0. The first-order valence-corrected chi connectivity index (χ1v) is 9.13. The number of nitrogens with zero attached hydrogens (tertiary/aromatic N) is 2. The molecule has 3 rings (SSSR count). The Labute approximate surface area is 142 Å². The second-order valence-corrected chi connectivity index (χ2v) is 6.80. The zero-order valence-electron chi connectivity index (χ0n) is 13.5. The molecule has 118 valence electrons. The maximum atomic E-state index is 4.15. The van der Waals surface area contributed by atoms with Crippen LogP contribution in [0.15, 0.2) is 55.1 Å². The van der Waals surface area contributed by atoms with Crippen LogP contribution in [0.25, 0.3) is 20.9 Å². The molecule has 3 aromatic heterocycles.